The summed E-state index contributed by atoms with van der Waals surface area (Å²) in [4.78, 5) is 4.32. The molecule has 17 heavy (non-hydrogen) atoms. The van der Waals surface area contributed by atoms with Gasteiger partial charge in [0.25, 0.3) is 0 Å². The lowest BCUT2D eigenvalue weighted by Gasteiger charge is -2.12. The molecule has 2 unspecified atom stereocenters. The summed E-state index contributed by atoms with van der Waals surface area (Å²) < 4.78 is 2.01. The van der Waals surface area contributed by atoms with E-state index in [1.54, 1.807) is 6.33 Å². The molecular weight excluding hydrogens is 232 g/mol. The Bertz CT molecular complexity index is 339. The molecule has 0 saturated heterocycles. The standard InChI is InChI=1S/C12H22N4S/c1-3-6-16-12(14-9-15-16)8-13-10-4-5-11(7-10)17-2/h9-11,13H,3-8H2,1-2H3. The van der Waals surface area contributed by atoms with Gasteiger partial charge in [-0.2, -0.15) is 16.9 Å². The van der Waals surface area contributed by atoms with Crippen LogP contribution >= 0.6 is 11.8 Å². The van der Waals surface area contributed by atoms with Gasteiger partial charge in [-0.3, -0.25) is 0 Å². The molecule has 5 heteroatoms. The van der Waals surface area contributed by atoms with Gasteiger partial charge in [-0.05, 0) is 31.9 Å². The average Bonchev–Trinajstić information content (AvgIpc) is 2.95. The van der Waals surface area contributed by atoms with Crippen molar-refractivity contribution in [3.8, 4) is 0 Å². The van der Waals surface area contributed by atoms with Crippen LogP contribution in [0.1, 0.15) is 38.4 Å². The van der Waals surface area contributed by atoms with Gasteiger partial charge >= 0.3 is 0 Å². The maximum atomic E-state index is 4.32. The first-order valence-corrected chi connectivity index (χ1v) is 7.75. The summed E-state index contributed by atoms with van der Waals surface area (Å²) in [5.74, 6) is 1.07. The van der Waals surface area contributed by atoms with E-state index >= 15 is 0 Å². The van der Waals surface area contributed by atoms with Crippen LogP contribution in [0.4, 0.5) is 0 Å². The van der Waals surface area contributed by atoms with Gasteiger partial charge < -0.3 is 5.32 Å². The minimum absolute atomic E-state index is 0.666. The minimum atomic E-state index is 0.666. The van der Waals surface area contributed by atoms with Crippen LogP contribution in [0.2, 0.25) is 0 Å². The van der Waals surface area contributed by atoms with Crippen LogP contribution in [0.15, 0.2) is 6.33 Å². The molecular formula is C12H22N4S. The normalized spacial score (nSPS) is 24.4. The third-order valence-corrected chi connectivity index (χ3v) is 4.49. The predicted octanol–water partition coefficient (Wildman–Crippen LogP) is 2.06. The van der Waals surface area contributed by atoms with Crippen molar-refractivity contribution in [3.63, 3.8) is 0 Å². The minimum Gasteiger partial charge on any atom is -0.307 e. The number of aromatic nitrogens is 3. The average molecular weight is 254 g/mol. The molecule has 2 atom stereocenters. The molecule has 0 radical (unpaired) electrons. The SMILES string of the molecule is CCCn1ncnc1CNC1CCC(SC)C1. The second-order valence-electron chi connectivity index (χ2n) is 4.65. The van der Waals surface area contributed by atoms with Crippen LogP contribution in [-0.4, -0.2) is 32.3 Å². The van der Waals surface area contributed by atoms with Gasteiger partial charge in [0.2, 0.25) is 0 Å². The summed E-state index contributed by atoms with van der Waals surface area (Å²) in [6.07, 6.45) is 8.92. The lowest BCUT2D eigenvalue weighted by molar-refractivity contribution is 0.485. The smallest absolute Gasteiger partial charge is 0.140 e. The summed E-state index contributed by atoms with van der Waals surface area (Å²) in [6.45, 7) is 3.99. The van der Waals surface area contributed by atoms with E-state index < -0.39 is 0 Å². The Morgan fingerprint density at radius 3 is 3.12 bits per heavy atom. The summed E-state index contributed by atoms with van der Waals surface area (Å²) in [7, 11) is 0. The van der Waals surface area contributed by atoms with E-state index in [0.717, 1.165) is 30.6 Å². The van der Waals surface area contributed by atoms with Gasteiger partial charge in [0.1, 0.15) is 12.2 Å². The molecule has 0 aromatic carbocycles. The highest BCUT2D eigenvalue weighted by atomic mass is 32.2. The molecule has 0 bridgehead atoms. The van der Waals surface area contributed by atoms with E-state index in [4.69, 9.17) is 0 Å². The molecule has 96 valence electrons. The summed E-state index contributed by atoms with van der Waals surface area (Å²) in [6, 6.07) is 0.666. The summed E-state index contributed by atoms with van der Waals surface area (Å²) in [5.41, 5.74) is 0. The summed E-state index contributed by atoms with van der Waals surface area (Å²) in [5, 5.41) is 8.70. The zero-order valence-corrected chi connectivity index (χ0v) is 11.5. The second-order valence-corrected chi connectivity index (χ2v) is 5.79. The first kappa shape index (κ1) is 12.9. The van der Waals surface area contributed by atoms with E-state index in [2.05, 4.69) is 28.6 Å². The number of rotatable bonds is 6. The molecule has 0 spiro atoms. The van der Waals surface area contributed by atoms with Crippen molar-refractivity contribution in [3.05, 3.63) is 12.2 Å². The largest absolute Gasteiger partial charge is 0.307 e. The van der Waals surface area contributed by atoms with Crippen molar-refractivity contribution in [1.82, 2.24) is 20.1 Å². The second kappa shape index (κ2) is 6.40. The molecule has 1 aromatic rings. The fraction of sp³-hybridized carbons (Fsp3) is 0.833. The molecule has 1 saturated carbocycles. The molecule has 1 aliphatic rings. The number of nitrogens with zero attached hydrogens (tertiary/aromatic N) is 3. The fourth-order valence-corrected chi connectivity index (χ4v) is 3.20. The Kier molecular flexibility index (Phi) is 4.86. The van der Waals surface area contributed by atoms with E-state index in [9.17, 15) is 0 Å². The molecule has 1 aliphatic carbocycles. The van der Waals surface area contributed by atoms with Crippen molar-refractivity contribution >= 4 is 11.8 Å². The Labute approximate surface area is 108 Å². The molecule has 0 aliphatic heterocycles. The molecule has 2 rings (SSSR count). The topological polar surface area (TPSA) is 42.7 Å². The lowest BCUT2D eigenvalue weighted by atomic mass is 10.2. The lowest BCUT2D eigenvalue weighted by Crippen LogP contribution is -2.27. The Hall–Kier alpha value is -0.550. The Balaban J connectivity index is 1.79. The molecule has 4 nitrogen and oxygen atoms in total. The molecule has 0 amide bonds. The highest BCUT2D eigenvalue weighted by molar-refractivity contribution is 7.99. The Morgan fingerprint density at radius 1 is 1.53 bits per heavy atom. The molecule has 1 fully saturated rings. The number of nitrogens with one attached hydrogen (secondary N) is 1. The first-order chi connectivity index (χ1) is 8.33. The van der Waals surface area contributed by atoms with Crippen LogP contribution in [0, 0.1) is 0 Å². The van der Waals surface area contributed by atoms with Crippen LogP contribution in [-0.2, 0) is 13.1 Å². The maximum Gasteiger partial charge on any atom is 0.140 e. The van der Waals surface area contributed by atoms with Crippen molar-refractivity contribution in [2.24, 2.45) is 0 Å². The maximum absolute atomic E-state index is 4.32. The van der Waals surface area contributed by atoms with Gasteiger partial charge in [-0.15, -0.1) is 0 Å². The number of hydrogen-bond acceptors (Lipinski definition) is 4. The molecule has 1 N–H and O–H groups in total. The van der Waals surface area contributed by atoms with Crippen LogP contribution in [0.25, 0.3) is 0 Å². The van der Waals surface area contributed by atoms with Crippen molar-refractivity contribution in [2.45, 2.75) is 57.0 Å². The first-order valence-electron chi connectivity index (χ1n) is 6.46. The number of hydrogen-bond donors (Lipinski definition) is 1. The van der Waals surface area contributed by atoms with E-state index in [1.807, 2.05) is 16.4 Å². The third-order valence-electron chi connectivity index (χ3n) is 3.40. The molecule has 1 aromatic heterocycles. The zero-order valence-electron chi connectivity index (χ0n) is 10.7. The monoisotopic (exact) mass is 254 g/mol. The van der Waals surface area contributed by atoms with E-state index in [1.165, 1.54) is 19.3 Å². The quantitative estimate of drug-likeness (QED) is 0.844. The van der Waals surface area contributed by atoms with Gasteiger partial charge in [0.05, 0.1) is 6.54 Å². The summed E-state index contributed by atoms with van der Waals surface area (Å²) >= 11 is 2.00. The van der Waals surface area contributed by atoms with Crippen molar-refractivity contribution in [1.29, 1.82) is 0 Å². The fourth-order valence-electron chi connectivity index (χ4n) is 2.40. The van der Waals surface area contributed by atoms with Crippen LogP contribution in [0.3, 0.4) is 0 Å². The van der Waals surface area contributed by atoms with E-state index in [0.29, 0.717) is 6.04 Å². The zero-order chi connectivity index (χ0) is 12.1. The highest BCUT2D eigenvalue weighted by Gasteiger charge is 2.23. The van der Waals surface area contributed by atoms with Crippen molar-refractivity contribution in [2.75, 3.05) is 6.26 Å². The number of thioether (sulfide) groups is 1. The van der Waals surface area contributed by atoms with E-state index in [-0.39, 0.29) is 0 Å². The number of aryl methyl sites for hydroxylation is 1. The highest BCUT2D eigenvalue weighted by Crippen LogP contribution is 2.28. The predicted molar refractivity (Wildman–Crippen MR) is 72.1 cm³/mol. The van der Waals surface area contributed by atoms with Gasteiger partial charge in [-0.1, -0.05) is 6.92 Å². The van der Waals surface area contributed by atoms with Crippen molar-refractivity contribution < 1.29 is 0 Å². The third kappa shape index (κ3) is 3.45. The Morgan fingerprint density at radius 2 is 2.41 bits per heavy atom. The molecule has 1 heterocycles. The van der Waals surface area contributed by atoms with Crippen LogP contribution < -0.4 is 5.32 Å². The van der Waals surface area contributed by atoms with Gasteiger partial charge in [0.15, 0.2) is 0 Å². The van der Waals surface area contributed by atoms with Gasteiger partial charge in [0, 0.05) is 17.8 Å². The van der Waals surface area contributed by atoms with Gasteiger partial charge in [-0.25, -0.2) is 9.67 Å². The van der Waals surface area contributed by atoms with Crippen LogP contribution in [0.5, 0.6) is 0 Å².